The van der Waals surface area contributed by atoms with Gasteiger partial charge >= 0.3 is 0 Å². The molecule has 2 aliphatic rings. The van der Waals surface area contributed by atoms with Gasteiger partial charge in [0.2, 0.25) is 5.91 Å². The van der Waals surface area contributed by atoms with Crippen LogP contribution in [0.25, 0.3) is 5.52 Å². The van der Waals surface area contributed by atoms with E-state index in [-0.39, 0.29) is 40.1 Å². The predicted molar refractivity (Wildman–Crippen MR) is 108 cm³/mol. The standard InChI is InChI=1S/C22H30N4O2/c1-20(2)21(3,4)22(20,5)19(28)25(6)15-12-14(13-15)24-18(27)16-8-7-11-26-17(16)9-10-23-26/h7-11,14-15H,12-13H2,1-6H3,(H,24,27). The van der Waals surface area contributed by atoms with Crippen molar-refractivity contribution in [2.45, 2.75) is 59.5 Å². The number of amides is 2. The molecule has 0 bridgehead atoms. The fourth-order valence-electron chi connectivity index (χ4n) is 5.08. The highest BCUT2D eigenvalue weighted by Gasteiger charge is 2.78. The van der Waals surface area contributed by atoms with Gasteiger partial charge in [-0.15, -0.1) is 0 Å². The number of carbonyl (C=O) groups excluding carboxylic acids is 2. The largest absolute Gasteiger partial charge is 0.349 e. The minimum absolute atomic E-state index is 0.00731. The molecule has 2 amide bonds. The zero-order valence-corrected chi connectivity index (χ0v) is 17.6. The van der Waals surface area contributed by atoms with Crippen molar-refractivity contribution in [2.24, 2.45) is 16.2 Å². The van der Waals surface area contributed by atoms with Crippen LogP contribution in [0.5, 0.6) is 0 Å². The van der Waals surface area contributed by atoms with Crippen LogP contribution < -0.4 is 5.32 Å². The molecule has 6 heteroatoms. The number of nitrogens with zero attached hydrogens (tertiary/aromatic N) is 3. The molecule has 150 valence electrons. The van der Waals surface area contributed by atoms with Crippen molar-refractivity contribution in [2.75, 3.05) is 7.05 Å². The lowest BCUT2D eigenvalue weighted by Crippen LogP contribution is -2.55. The number of fused-ring (bicyclic) bond motifs is 1. The summed E-state index contributed by atoms with van der Waals surface area (Å²) in [6, 6.07) is 5.77. The van der Waals surface area contributed by atoms with Crippen LogP contribution in [0.2, 0.25) is 0 Å². The first-order chi connectivity index (χ1) is 13.0. The topological polar surface area (TPSA) is 66.7 Å². The van der Waals surface area contributed by atoms with E-state index in [9.17, 15) is 9.59 Å². The molecule has 6 nitrogen and oxygen atoms in total. The highest BCUT2D eigenvalue weighted by molar-refractivity contribution is 6.00. The molecule has 2 fully saturated rings. The van der Waals surface area contributed by atoms with E-state index in [0.29, 0.717) is 5.56 Å². The molecule has 2 aromatic heterocycles. The highest BCUT2D eigenvalue weighted by Crippen LogP contribution is 2.78. The van der Waals surface area contributed by atoms with Gasteiger partial charge in [0.05, 0.1) is 22.7 Å². The Balaban J connectivity index is 1.37. The Morgan fingerprint density at radius 2 is 1.79 bits per heavy atom. The Hall–Kier alpha value is -2.37. The van der Waals surface area contributed by atoms with E-state index in [0.717, 1.165) is 18.4 Å². The van der Waals surface area contributed by atoms with Crippen LogP contribution >= 0.6 is 0 Å². The third-order valence-corrected chi connectivity index (χ3v) is 8.43. The predicted octanol–water partition coefficient (Wildman–Crippen LogP) is 3.13. The first-order valence-corrected chi connectivity index (χ1v) is 10.0. The van der Waals surface area contributed by atoms with Crippen molar-refractivity contribution >= 4 is 17.3 Å². The Kier molecular flexibility index (Phi) is 3.94. The fraction of sp³-hybridized carbons (Fsp3) is 0.591. The lowest BCUT2D eigenvalue weighted by molar-refractivity contribution is -0.141. The fourth-order valence-corrected chi connectivity index (χ4v) is 5.08. The summed E-state index contributed by atoms with van der Waals surface area (Å²) in [7, 11) is 1.91. The molecule has 2 heterocycles. The van der Waals surface area contributed by atoms with Gasteiger partial charge in [0.25, 0.3) is 5.91 Å². The number of pyridine rings is 1. The lowest BCUT2D eigenvalue weighted by Gasteiger charge is -2.43. The summed E-state index contributed by atoms with van der Waals surface area (Å²) in [4.78, 5) is 27.8. The maximum atomic E-state index is 13.2. The maximum Gasteiger partial charge on any atom is 0.253 e. The van der Waals surface area contributed by atoms with Crippen molar-refractivity contribution in [1.82, 2.24) is 19.8 Å². The number of carbonyl (C=O) groups is 2. The summed E-state index contributed by atoms with van der Waals surface area (Å²) >= 11 is 0. The number of rotatable bonds is 4. The first-order valence-electron chi connectivity index (χ1n) is 10.0. The van der Waals surface area contributed by atoms with E-state index in [1.54, 1.807) is 10.7 Å². The summed E-state index contributed by atoms with van der Waals surface area (Å²) in [6.07, 6.45) is 5.11. The van der Waals surface area contributed by atoms with Gasteiger partial charge in [-0.3, -0.25) is 9.59 Å². The third-order valence-electron chi connectivity index (χ3n) is 8.43. The Bertz CT molecular complexity index is 938. The molecule has 0 unspecified atom stereocenters. The minimum atomic E-state index is -0.333. The van der Waals surface area contributed by atoms with Crippen LogP contribution in [-0.4, -0.2) is 45.5 Å². The van der Waals surface area contributed by atoms with Gasteiger partial charge in [-0.2, -0.15) is 5.10 Å². The van der Waals surface area contributed by atoms with Crippen molar-refractivity contribution in [1.29, 1.82) is 0 Å². The molecular formula is C22H30N4O2. The SMILES string of the molecule is CN(C(=O)C1(C)C(C)(C)C1(C)C)C1CC(NC(=O)c2cccn3nccc23)C1. The molecule has 1 N–H and O–H groups in total. The van der Waals surface area contributed by atoms with E-state index in [2.05, 4.69) is 45.0 Å². The minimum Gasteiger partial charge on any atom is -0.349 e. The summed E-state index contributed by atoms with van der Waals surface area (Å²) in [5.74, 6) is 0.140. The van der Waals surface area contributed by atoms with E-state index < -0.39 is 0 Å². The summed E-state index contributed by atoms with van der Waals surface area (Å²) in [6.45, 7) is 10.8. The number of nitrogens with one attached hydrogen (secondary N) is 1. The van der Waals surface area contributed by atoms with Crippen LogP contribution in [0.4, 0.5) is 0 Å². The van der Waals surface area contributed by atoms with E-state index in [1.807, 2.05) is 36.3 Å². The molecule has 0 aliphatic heterocycles. The molecule has 0 aromatic carbocycles. The third kappa shape index (κ3) is 2.29. The van der Waals surface area contributed by atoms with Crippen molar-refractivity contribution in [3.05, 3.63) is 36.2 Å². The summed E-state index contributed by atoms with van der Waals surface area (Å²) in [5, 5.41) is 7.28. The average Bonchev–Trinajstić information content (AvgIpc) is 2.99. The second-order valence-electron chi connectivity index (χ2n) is 9.67. The molecule has 0 radical (unpaired) electrons. The Morgan fingerprint density at radius 1 is 1.14 bits per heavy atom. The summed E-state index contributed by atoms with van der Waals surface area (Å²) < 4.78 is 1.70. The lowest BCUT2D eigenvalue weighted by atomic mass is 9.84. The van der Waals surface area contributed by atoms with Gasteiger partial charge in [-0.25, -0.2) is 4.52 Å². The average molecular weight is 383 g/mol. The van der Waals surface area contributed by atoms with Crippen molar-refractivity contribution in [3.63, 3.8) is 0 Å². The van der Waals surface area contributed by atoms with Crippen LogP contribution in [0.15, 0.2) is 30.6 Å². The second-order valence-corrected chi connectivity index (χ2v) is 9.67. The van der Waals surface area contributed by atoms with Gasteiger partial charge in [-0.05, 0) is 48.8 Å². The monoisotopic (exact) mass is 382 g/mol. The van der Waals surface area contributed by atoms with E-state index in [1.165, 1.54) is 0 Å². The zero-order chi connectivity index (χ0) is 20.5. The van der Waals surface area contributed by atoms with Gasteiger partial charge in [0.15, 0.2) is 0 Å². The molecule has 0 saturated heterocycles. The molecule has 28 heavy (non-hydrogen) atoms. The van der Waals surface area contributed by atoms with Crippen LogP contribution in [0, 0.1) is 16.2 Å². The molecule has 0 spiro atoms. The highest BCUT2D eigenvalue weighted by atomic mass is 16.2. The van der Waals surface area contributed by atoms with E-state index in [4.69, 9.17) is 0 Å². The van der Waals surface area contributed by atoms with Gasteiger partial charge in [0.1, 0.15) is 0 Å². The summed E-state index contributed by atoms with van der Waals surface area (Å²) in [5.41, 5.74) is 1.08. The van der Waals surface area contributed by atoms with E-state index >= 15 is 0 Å². The second kappa shape index (κ2) is 5.82. The molecule has 0 atom stereocenters. The van der Waals surface area contributed by atoms with Gasteiger partial charge in [-0.1, -0.05) is 27.7 Å². The number of aromatic nitrogens is 2. The van der Waals surface area contributed by atoms with Gasteiger partial charge < -0.3 is 10.2 Å². The molecule has 2 aliphatic carbocycles. The Labute approximate surface area is 166 Å². The van der Waals surface area contributed by atoms with Crippen LogP contribution in [0.3, 0.4) is 0 Å². The molecule has 2 aromatic rings. The van der Waals surface area contributed by atoms with Crippen molar-refractivity contribution in [3.8, 4) is 0 Å². The zero-order valence-electron chi connectivity index (χ0n) is 17.6. The molecule has 4 rings (SSSR count). The molecular weight excluding hydrogens is 352 g/mol. The van der Waals surface area contributed by atoms with Gasteiger partial charge in [0, 0.05) is 25.3 Å². The van der Waals surface area contributed by atoms with Crippen LogP contribution in [0.1, 0.15) is 57.8 Å². The number of hydrogen-bond donors (Lipinski definition) is 1. The molecule has 2 saturated carbocycles. The number of hydrogen-bond acceptors (Lipinski definition) is 3. The van der Waals surface area contributed by atoms with Crippen molar-refractivity contribution < 1.29 is 9.59 Å². The first kappa shape index (κ1) is 19.0. The maximum absolute atomic E-state index is 13.2. The van der Waals surface area contributed by atoms with Crippen LogP contribution in [-0.2, 0) is 4.79 Å². The Morgan fingerprint density at radius 3 is 2.39 bits per heavy atom. The smallest absolute Gasteiger partial charge is 0.253 e. The quantitative estimate of drug-likeness (QED) is 0.883. The normalized spacial score (nSPS) is 26.4.